The minimum Gasteiger partial charge on any atom is -0.490 e. The first-order chi connectivity index (χ1) is 11.0. The highest BCUT2D eigenvalue weighted by molar-refractivity contribution is 9.10. The van der Waals surface area contributed by atoms with Crippen LogP contribution in [0.3, 0.4) is 0 Å². The van der Waals surface area contributed by atoms with E-state index in [-0.39, 0.29) is 12.2 Å². The number of nitrogens with one attached hydrogen (secondary N) is 1. The molecule has 0 bridgehead atoms. The molecule has 1 fully saturated rings. The minimum absolute atomic E-state index is 0.261. The largest absolute Gasteiger partial charge is 0.490 e. The molecule has 0 aliphatic heterocycles. The van der Waals surface area contributed by atoms with Crippen molar-refractivity contribution in [2.24, 2.45) is 7.05 Å². The number of aromatic nitrogens is 2. The molecule has 1 aliphatic carbocycles. The van der Waals surface area contributed by atoms with Crippen LogP contribution in [0.4, 0.5) is 0 Å². The first-order valence-electron chi connectivity index (χ1n) is 8.21. The van der Waals surface area contributed by atoms with Crippen molar-refractivity contribution in [3.63, 3.8) is 0 Å². The maximum atomic E-state index is 9.35. The molecule has 0 spiro atoms. The van der Waals surface area contributed by atoms with Crippen molar-refractivity contribution in [3.05, 3.63) is 22.9 Å². The Morgan fingerprint density at radius 3 is 2.83 bits per heavy atom. The predicted octanol–water partition coefficient (Wildman–Crippen LogP) is 3.00. The number of hydrogen-bond acceptors (Lipinski definition) is 4. The monoisotopic (exact) mass is 381 g/mol. The van der Waals surface area contributed by atoms with Gasteiger partial charge in [-0.15, -0.1) is 0 Å². The fourth-order valence-electron chi connectivity index (χ4n) is 3.15. The van der Waals surface area contributed by atoms with Gasteiger partial charge in [-0.3, -0.25) is 0 Å². The van der Waals surface area contributed by atoms with E-state index in [9.17, 15) is 5.11 Å². The van der Waals surface area contributed by atoms with Crippen LogP contribution in [-0.2, 0) is 7.05 Å². The molecule has 2 N–H and O–H groups in total. The second kappa shape index (κ2) is 7.20. The zero-order chi connectivity index (χ0) is 16.4. The summed E-state index contributed by atoms with van der Waals surface area (Å²) in [7, 11) is 1.99. The highest BCUT2D eigenvalue weighted by Crippen LogP contribution is 2.31. The van der Waals surface area contributed by atoms with E-state index < -0.39 is 0 Å². The van der Waals surface area contributed by atoms with E-state index in [4.69, 9.17) is 4.74 Å². The first-order valence-corrected chi connectivity index (χ1v) is 9.01. The molecule has 3 rings (SSSR count). The van der Waals surface area contributed by atoms with Gasteiger partial charge in [0.2, 0.25) is 0 Å². The van der Waals surface area contributed by atoms with Gasteiger partial charge in [0.05, 0.1) is 24.1 Å². The zero-order valence-electron chi connectivity index (χ0n) is 13.6. The van der Waals surface area contributed by atoms with Crippen molar-refractivity contribution in [1.29, 1.82) is 0 Å². The summed E-state index contributed by atoms with van der Waals surface area (Å²) in [5.41, 5.74) is 2.03. The quantitative estimate of drug-likeness (QED) is 0.835. The summed E-state index contributed by atoms with van der Waals surface area (Å²) < 4.78 is 9.17. The van der Waals surface area contributed by atoms with Crippen molar-refractivity contribution in [2.75, 3.05) is 6.54 Å². The van der Waals surface area contributed by atoms with Crippen LogP contribution < -0.4 is 10.1 Å². The van der Waals surface area contributed by atoms with Crippen LogP contribution in [0, 0.1) is 0 Å². The van der Waals surface area contributed by atoms with E-state index in [1.54, 1.807) is 0 Å². The fraction of sp³-hybridized carbons (Fsp3) is 0.588. The average molecular weight is 382 g/mol. The molecule has 23 heavy (non-hydrogen) atoms. The Labute approximate surface area is 145 Å². The minimum atomic E-state index is -0.285. The summed E-state index contributed by atoms with van der Waals surface area (Å²) in [6.07, 6.45) is 6.05. The standard InChI is InChI=1S/C17H24BrN3O2/c1-11(22)9-19-12-3-5-13(6-4-12)23-14-7-15(18)17-16(8-14)21(2)10-20-17/h7-8,10-13,19,22H,3-6,9H2,1-2H3/t11-,12?,13?/m0/s1. The number of imidazole rings is 1. The second-order valence-corrected chi connectivity index (χ2v) is 7.33. The third kappa shape index (κ3) is 4.05. The van der Waals surface area contributed by atoms with Crippen LogP contribution in [0.1, 0.15) is 32.6 Å². The topological polar surface area (TPSA) is 59.3 Å². The lowest BCUT2D eigenvalue weighted by molar-refractivity contribution is 0.131. The summed E-state index contributed by atoms with van der Waals surface area (Å²) in [6, 6.07) is 4.56. The van der Waals surface area contributed by atoms with Crippen molar-refractivity contribution < 1.29 is 9.84 Å². The van der Waals surface area contributed by atoms with Crippen LogP contribution in [0.25, 0.3) is 11.0 Å². The van der Waals surface area contributed by atoms with Gasteiger partial charge in [-0.1, -0.05) is 0 Å². The lowest BCUT2D eigenvalue weighted by atomic mass is 9.93. The van der Waals surface area contributed by atoms with Crippen LogP contribution in [-0.4, -0.2) is 39.5 Å². The number of aryl methyl sites for hydroxylation is 1. The molecule has 126 valence electrons. The van der Waals surface area contributed by atoms with E-state index in [0.29, 0.717) is 12.6 Å². The van der Waals surface area contributed by atoms with Crippen LogP contribution in [0.2, 0.25) is 0 Å². The predicted molar refractivity (Wildman–Crippen MR) is 94.8 cm³/mol. The van der Waals surface area contributed by atoms with Crippen LogP contribution in [0.5, 0.6) is 5.75 Å². The molecule has 1 aliphatic rings. The smallest absolute Gasteiger partial charge is 0.123 e. The fourth-order valence-corrected chi connectivity index (χ4v) is 3.68. The van der Waals surface area contributed by atoms with Crippen LogP contribution in [0.15, 0.2) is 22.9 Å². The van der Waals surface area contributed by atoms with Gasteiger partial charge in [0.1, 0.15) is 11.3 Å². The number of fused-ring (bicyclic) bond motifs is 1. The maximum absolute atomic E-state index is 9.35. The highest BCUT2D eigenvalue weighted by Gasteiger charge is 2.22. The van der Waals surface area contributed by atoms with E-state index in [0.717, 1.165) is 46.9 Å². The van der Waals surface area contributed by atoms with E-state index >= 15 is 0 Å². The number of hydrogen-bond donors (Lipinski definition) is 2. The third-order valence-corrected chi connectivity index (χ3v) is 5.04. The summed E-state index contributed by atoms with van der Waals surface area (Å²) in [5, 5.41) is 12.8. The van der Waals surface area contributed by atoms with Crippen molar-refractivity contribution in [2.45, 2.75) is 50.9 Å². The van der Waals surface area contributed by atoms with E-state index in [1.807, 2.05) is 30.9 Å². The van der Waals surface area contributed by atoms with Gasteiger partial charge < -0.3 is 19.7 Å². The maximum Gasteiger partial charge on any atom is 0.123 e. The van der Waals surface area contributed by atoms with Gasteiger partial charge in [-0.05, 0) is 54.6 Å². The number of nitrogens with zero attached hydrogens (tertiary/aromatic N) is 2. The Bertz CT molecular complexity index is 663. The summed E-state index contributed by atoms with van der Waals surface area (Å²) >= 11 is 3.58. The number of rotatable bonds is 5. The second-order valence-electron chi connectivity index (χ2n) is 6.48. The summed E-state index contributed by atoms with van der Waals surface area (Å²) in [6.45, 7) is 2.48. The summed E-state index contributed by atoms with van der Waals surface area (Å²) in [4.78, 5) is 4.38. The van der Waals surface area contributed by atoms with Gasteiger partial charge in [0, 0.05) is 30.2 Å². The van der Waals surface area contributed by atoms with Gasteiger partial charge in [0.15, 0.2) is 0 Å². The molecule has 0 radical (unpaired) electrons. The molecule has 0 saturated heterocycles. The van der Waals surface area contributed by atoms with E-state index in [2.05, 4.69) is 32.3 Å². The summed E-state index contributed by atoms with van der Waals surface area (Å²) in [5.74, 6) is 0.897. The molecule has 6 heteroatoms. The Morgan fingerprint density at radius 1 is 1.39 bits per heavy atom. The van der Waals surface area contributed by atoms with Gasteiger partial charge in [-0.2, -0.15) is 0 Å². The number of ether oxygens (including phenoxy) is 1. The Balaban J connectivity index is 1.59. The normalized spacial score (nSPS) is 23.1. The van der Waals surface area contributed by atoms with Crippen LogP contribution >= 0.6 is 15.9 Å². The lowest BCUT2D eigenvalue weighted by Crippen LogP contribution is -2.39. The Morgan fingerprint density at radius 2 is 2.13 bits per heavy atom. The third-order valence-electron chi connectivity index (χ3n) is 4.44. The zero-order valence-corrected chi connectivity index (χ0v) is 15.2. The SMILES string of the molecule is C[C@H](O)CNC1CCC(Oc2cc(Br)c3ncn(C)c3c2)CC1. The first kappa shape index (κ1) is 16.7. The molecule has 1 aromatic heterocycles. The molecule has 1 heterocycles. The Hall–Kier alpha value is -1.11. The van der Waals surface area contributed by atoms with Crippen molar-refractivity contribution in [3.8, 4) is 5.75 Å². The van der Waals surface area contributed by atoms with Crippen molar-refractivity contribution >= 4 is 27.0 Å². The number of aliphatic hydroxyl groups excluding tert-OH is 1. The molecule has 1 aromatic carbocycles. The molecule has 0 unspecified atom stereocenters. The van der Waals surface area contributed by atoms with Gasteiger partial charge in [0.25, 0.3) is 0 Å². The molecular formula is C17H24BrN3O2. The number of aliphatic hydroxyl groups is 1. The molecule has 5 nitrogen and oxygen atoms in total. The highest BCUT2D eigenvalue weighted by atomic mass is 79.9. The molecule has 1 saturated carbocycles. The van der Waals surface area contributed by atoms with Crippen molar-refractivity contribution in [1.82, 2.24) is 14.9 Å². The molecule has 1 atom stereocenters. The lowest BCUT2D eigenvalue weighted by Gasteiger charge is -2.30. The molecular weight excluding hydrogens is 358 g/mol. The average Bonchev–Trinajstić information content (AvgIpc) is 2.89. The van der Waals surface area contributed by atoms with Gasteiger partial charge >= 0.3 is 0 Å². The number of benzene rings is 1. The Kier molecular flexibility index (Phi) is 5.24. The molecule has 0 amide bonds. The van der Waals surface area contributed by atoms with E-state index in [1.165, 1.54) is 0 Å². The number of halogens is 1. The van der Waals surface area contributed by atoms with Gasteiger partial charge in [-0.25, -0.2) is 4.98 Å². The molecule has 2 aromatic rings.